The molecule has 0 rings (SSSR count). The van der Waals surface area contributed by atoms with Gasteiger partial charge in [-0.25, -0.2) is 0 Å². The van der Waals surface area contributed by atoms with Crippen LogP contribution in [-0.4, -0.2) is 12.5 Å². The molecule has 2 nitrogen and oxygen atoms in total. The Kier molecular flexibility index (Phi) is 6.49. The van der Waals surface area contributed by atoms with Crippen molar-refractivity contribution in [3.8, 4) is 5.81 Å². The van der Waals surface area contributed by atoms with Crippen LogP contribution >= 0.6 is 19.5 Å². The average Bonchev–Trinajstić information content (AvgIpc) is 1.69. The van der Waals surface area contributed by atoms with Crippen molar-refractivity contribution in [2.75, 3.05) is 12.5 Å². The van der Waals surface area contributed by atoms with Gasteiger partial charge in [-0.1, -0.05) is 0 Å². The molecule has 0 aromatic rings. The van der Waals surface area contributed by atoms with Gasteiger partial charge in [0.2, 0.25) is 0 Å². The van der Waals surface area contributed by atoms with E-state index in [9.17, 15) is 4.57 Å². The van der Waals surface area contributed by atoms with Gasteiger partial charge in [-0.2, -0.15) is 0 Å². The topological polar surface area (TPSA) is 26.3 Å². The van der Waals surface area contributed by atoms with Crippen molar-refractivity contribution >= 4 is 19.5 Å². The molecule has 7 heavy (non-hydrogen) atoms. The maximum absolute atomic E-state index is 9.50. The van der Waals surface area contributed by atoms with Gasteiger partial charge in [0.05, 0.1) is 0 Å². The predicted octanol–water partition coefficient (Wildman–Crippen LogP) is 1.45. The fourth-order valence-corrected chi connectivity index (χ4v) is 0.332. The van der Waals surface area contributed by atoms with Crippen molar-refractivity contribution in [1.29, 1.82) is 0 Å². The Hall–Kier alpha value is 0.260. The summed E-state index contributed by atoms with van der Waals surface area (Å²) >= 11 is 5.17. The standard InChI is InChI=1S/C3H4ClO2P/c4-1-2-6-3-7-5/h1-2H2. The van der Waals surface area contributed by atoms with Gasteiger partial charge in [-0.15, -0.1) is 0 Å². The number of rotatable bonds is 2. The van der Waals surface area contributed by atoms with Gasteiger partial charge in [0.25, 0.3) is 0 Å². The Morgan fingerprint density at radius 2 is 2.57 bits per heavy atom. The van der Waals surface area contributed by atoms with Gasteiger partial charge >= 0.3 is 47.1 Å². The van der Waals surface area contributed by atoms with Crippen LogP contribution in [0.1, 0.15) is 0 Å². The van der Waals surface area contributed by atoms with E-state index in [1.165, 1.54) is 0 Å². The van der Waals surface area contributed by atoms with Crippen LogP contribution in [0.4, 0.5) is 0 Å². The van der Waals surface area contributed by atoms with Gasteiger partial charge in [0.15, 0.2) is 0 Å². The number of hydrogen-bond acceptors (Lipinski definition) is 2. The molecule has 0 saturated heterocycles. The van der Waals surface area contributed by atoms with E-state index in [1.54, 1.807) is 0 Å². The maximum atomic E-state index is 9.50. The summed E-state index contributed by atoms with van der Waals surface area (Å²) in [6, 6.07) is 0. The van der Waals surface area contributed by atoms with E-state index in [-0.39, 0.29) is 7.92 Å². The molecule has 0 heterocycles. The van der Waals surface area contributed by atoms with Crippen molar-refractivity contribution in [3.63, 3.8) is 0 Å². The molecule has 0 fully saturated rings. The van der Waals surface area contributed by atoms with Crippen LogP contribution in [0, 0.1) is 5.81 Å². The van der Waals surface area contributed by atoms with E-state index in [4.69, 9.17) is 11.6 Å². The van der Waals surface area contributed by atoms with Crippen LogP contribution in [0.15, 0.2) is 0 Å². The molecular weight excluding hydrogens is 134 g/mol. The SMILES string of the molecule is O=P#COCCCl. The number of halogens is 1. The average molecular weight is 138 g/mol. The van der Waals surface area contributed by atoms with Gasteiger partial charge in [-0.3, -0.25) is 0 Å². The van der Waals surface area contributed by atoms with Crippen LogP contribution in [-0.2, 0) is 9.30 Å². The summed E-state index contributed by atoms with van der Waals surface area (Å²) in [5, 5.41) is 0. The fourth-order valence-electron chi connectivity index (χ4n) is 0.111. The Morgan fingerprint density at radius 1 is 1.86 bits per heavy atom. The summed E-state index contributed by atoms with van der Waals surface area (Å²) in [4.78, 5) is 0. The Bertz CT molecular complexity index is 116. The number of hydrogen-bond donors (Lipinski definition) is 0. The molecule has 0 aromatic heterocycles. The van der Waals surface area contributed by atoms with Gasteiger partial charge in [-0.05, 0) is 0 Å². The summed E-state index contributed by atoms with van der Waals surface area (Å²) in [5.74, 6) is 2.49. The second-order valence-electron chi connectivity index (χ2n) is 0.720. The van der Waals surface area contributed by atoms with Gasteiger partial charge < -0.3 is 0 Å². The third kappa shape index (κ3) is 6.26. The summed E-state index contributed by atoms with van der Waals surface area (Å²) < 4.78 is 13.9. The molecule has 0 amide bonds. The van der Waals surface area contributed by atoms with E-state index in [0.717, 1.165) is 0 Å². The third-order valence-corrected chi connectivity index (χ3v) is 0.639. The first-order chi connectivity index (χ1) is 3.41. The molecule has 0 spiro atoms. The zero-order valence-electron chi connectivity index (χ0n) is 3.56. The molecule has 0 bridgehead atoms. The first-order valence-corrected chi connectivity index (χ1v) is 3.01. The molecule has 0 aromatic carbocycles. The van der Waals surface area contributed by atoms with Crippen molar-refractivity contribution < 1.29 is 9.30 Å². The molecule has 0 N–H and O–H groups in total. The molecule has 0 atom stereocenters. The second kappa shape index (κ2) is 6.26. The summed E-state index contributed by atoms with van der Waals surface area (Å²) in [6.07, 6.45) is 0. The van der Waals surface area contributed by atoms with Gasteiger partial charge in [0, 0.05) is 0 Å². The molecule has 0 aliphatic rings. The first kappa shape index (κ1) is 7.26. The summed E-state index contributed by atoms with van der Waals surface area (Å²) in [6.45, 7) is 0.372. The molecule has 0 aliphatic carbocycles. The normalized spacial score (nSPS) is 7.57. The van der Waals surface area contributed by atoms with Gasteiger partial charge in [0.1, 0.15) is 0 Å². The van der Waals surface area contributed by atoms with Crippen LogP contribution in [0.5, 0.6) is 0 Å². The van der Waals surface area contributed by atoms with E-state index >= 15 is 0 Å². The number of alkyl halides is 1. The minimum absolute atomic E-state index is 0.226. The molecular formula is C3H4ClO2P. The Labute approximate surface area is 47.9 Å². The van der Waals surface area contributed by atoms with Crippen LogP contribution in [0.25, 0.3) is 0 Å². The van der Waals surface area contributed by atoms with Crippen molar-refractivity contribution in [2.45, 2.75) is 0 Å². The number of ether oxygens (including phenoxy) is 1. The molecule has 0 radical (unpaired) electrons. The van der Waals surface area contributed by atoms with Crippen molar-refractivity contribution in [2.24, 2.45) is 0 Å². The monoisotopic (exact) mass is 138 g/mol. The van der Waals surface area contributed by atoms with E-state index in [2.05, 4.69) is 10.5 Å². The second-order valence-corrected chi connectivity index (χ2v) is 1.46. The molecule has 0 saturated carbocycles. The van der Waals surface area contributed by atoms with Crippen molar-refractivity contribution in [3.05, 3.63) is 0 Å². The summed E-state index contributed by atoms with van der Waals surface area (Å²) in [5.41, 5.74) is 0. The zero-order chi connectivity index (χ0) is 5.54. The Morgan fingerprint density at radius 3 is 3.00 bits per heavy atom. The first-order valence-electron chi connectivity index (χ1n) is 1.67. The third-order valence-electron chi connectivity index (χ3n) is 0.281. The van der Waals surface area contributed by atoms with Crippen LogP contribution < -0.4 is 0 Å². The van der Waals surface area contributed by atoms with Crippen LogP contribution in [0.2, 0.25) is 0 Å². The quantitative estimate of drug-likeness (QED) is 0.328. The zero-order valence-corrected chi connectivity index (χ0v) is 5.21. The Balaban J connectivity index is 2.93. The summed E-state index contributed by atoms with van der Waals surface area (Å²) in [7, 11) is -0.226. The van der Waals surface area contributed by atoms with Crippen molar-refractivity contribution in [1.82, 2.24) is 0 Å². The van der Waals surface area contributed by atoms with Crippen LogP contribution in [0.3, 0.4) is 0 Å². The van der Waals surface area contributed by atoms with E-state index in [0.29, 0.717) is 12.5 Å². The van der Waals surface area contributed by atoms with E-state index < -0.39 is 0 Å². The molecule has 0 aliphatic heterocycles. The predicted molar refractivity (Wildman–Crippen MR) is 28.2 cm³/mol. The molecule has 40 valence electrons. The molecule has 4 heteroatoms. The minimum atomic E-state index is -0.226. The molecule has 0 unspecified atom stereocenters. The fraction of sp³-hybridized carbons (Fsp3) is 0.667. The van der Waals surface area contributed by atoms with E-state index in [1.807, 2.05) is 0 Å².